The molecule has 2 heteroatoms. The highest BCUT2D eigenvalue weighted by Gasteiger charge is 2.34. The Bertz CT molecular complexity index is 248. The summed E-state index contributed by atoms with van der Waals surface area (Å²) in [4.78, 5) is 4.73. The molecule has 0 saturated carbocycles. The first-order valence-electron chi connectivity index (χ1n) is 6.47. The predicted molar refractivity (Wildman–Crippen MR) is 67.2 cm³/mol. The molecule has 1 heterocycles. The van der Waals surface area contributed by atoms with Gasteiger partial charge < -0.3 is 0 Å². The van der Waals surface area contributed by atoms with Crippen molar-refractivity contribution in [1.29, 1.82) is 0 Å². The molecule has 1 rings (SSSR count). The fourth-order valence-corrected chi connectivity index (χ4v) is 2.33. The number of piperazine rings is 1. The standard InChI is InChI=1S/C13H28N2/c1-11-10-14(12(2,3)4)8-9-15(11)13(5,6)7/h11H,8-10H2,1-7H3/t11-/m0/s1/i11D. The van der Waals surface area contributed by atoms with Crippen LogP contribution in [-0.2, 0) is 0 Å². The largest absolute Gasteiger partial charge is 0.296 e. The van der Waals surface area contributed by atoms with E-state index in [4.69, 9.17) is 1.37 Å². The van der Waals surface area contributed by atoms with Gasteiger partial charge in [-0.3, -0.25) is 9.80 Å². The van der Waals surface area contributed by atoms with E-state index >= 15 is 0 Å². The maximum Gasteiger partial charge on any atom is 0.0478 e. The van der Waals surface area contributed by atoms with Crippen LogP contribution in [-0.4, -0.2) is 46.5 Å². The maximum atomic E-state index is 8.53. The van der Waals surface area contributed by atoms with Crippen molar-refractivity contribution in [3.63, 3.8) is 0 Å². The fraction of sp³-hybridized carbons (Fsp3) is 1.00. The van der Waals surface area contributed by atoms with Gasteiger partial charge in [-0.15, -0.1) is 0 Å². The molecule has 0 aromatic carbocycles. The van der Waals surface area contributed by atoms with Gasteiger partial charge in [-0.1, -0.05) is 0 Å². The second kappa shape index (κ2) is 4.06. The van der Waals surface area contributed by atoms with Crippen molar-refractivity contribution in [2.75, 3.05) is 19.6 Å². The van der Waals surface area contributed by atoms with E-state index in [1.165, 1.54) is 0 Å². The van der Waals surface area contributed by atoms with Crippen molar-refractivity contribution in [2.24, 2.45) is 0 Å². The number of hydrogen-bond donors (Lipinski definition) is 0. The molecule has 1 saturated heterocycles. The normalized spacial score (nSPS) is 32.9. The topological polar surface area (TPSA) is 6.48 Å². The smallest absolute Gasteiger partial charge is 0.0478 e. The molecule has 1 aliphatic heterocycles. The molecular weight excluding hydrogens is 184 g/mol. The summed E-state index contributed by atoms with van der Waals surface area (Å²) in [5.74, 6) is 0. The van der Waals surface area contributed by atoms with E-state index in [0.29, 0.717) is 0 Å². The lowest BCUT2D eigenvalue weighted by Crippen LogP contribution is -2.61. The Morgan fingerprint density at radius 3 is 1.87 bits per heavy atom. The molecule has 0 bridgehead atoms. The second-order valence-electron chi connectivity index (χ2n) is 6.65. The van der Waals surface area contributed by atoms with Crippen molar-refractivity contribution in [2.45, 2.75) is 65.6 Å². The molecule has 90 valence electrons. The number of rotatable bonds is 0. The van der Waals surface area contributed by atoms with E-state index in [9.17, 15) is 0 Å². The van der Waals surface area contributed by atoms with E-state index < -0.39 is 6.02 Å². The zero-order valence-electron chi connectivity index (χ0n) is 12.5. The quantitative estimate of drug-likeness (QED) is 0.610. The molecule has 2 nitrogen and oxygen atoms in total. The lowest BCUT2D eigenvalue weighted by atomic mass is 9.97. The SMILES string of the molecule is [2H][C@]1(C)CN(C(C)(C)C)CCN1C(C)(C)C. The molecule has 0 radical (unpaired) electrons. The van der Waals surface area contributed by atoms with Crippen LogP contribution < -0.4 is 0 Å². The van der Waals surface area contributed by atoms with Crippen molar-refractivity contribution in [3.8, 4) is 0 Å². The minimum atomic E-state index is -0.482. The monoisotopic (exact) mass is 213 g/mol. The number of nitrogens with zero attached hydrogens (tertiary/aromatic N) is 2. The van der Waals surface area contributed by atoms with Crippen molar-refractivity contribution in [1.82, 2.24) is 9.80 Å². The molecule has 15 heavy (non-hydrogen) atoms. The second-order valence-corrected chi connectivity index (χ2v) is 6.65. The lowest BCUT2D eigenvalue weighted by molar-refractivity contribution is -0.0152. The highest BCUT2D eigenvalue weighted by atomic mass is 15.3. The van der Waals surface area contributed by atoms with Gasteiger partial charge in [0.1, 0.15) is 0 Å². The fourth-order valence-electron chi connectivity index (χ4n) is 2.33. The molecule has 0 N–H and O–H groups in total. The first kappa shape index (κ1) is 11.4. The summed E-state index contributed by atoms with van der Waals surface area (Å²) in [5, 5.41) is 0. The molecule has 1 fully saturated rings. The van der Waals surface area contributed by atoms with Crippen molar-refractivity contribution < 1.29 is 1.37 Å². The zero-order valence-corrected chi connectivity index (χ0v) is 11.5. The van der Waals surface area contributed by atoms with Crippen molar-refractivity contribution >= 4 is 0 Å². The highest BCUT2D eigenvalue weighted by Crippen LogP contribution is 2.24. The van der Waals surface area contributed by atoms with Crippen LogP contribution in [0, 0.1) is 0 Å². The highest BCUT2D eigenvalue weighted by molar-refractivity contribution is 4.90. The van der Waals surface area contributed by atoms with E-state index in [1.807, 2.05) is 6.92 Å². The molecule has 0 aromatic heterocycles. The van der Waals surface area contributed by atoms with Crippen LogP contribution in [0.25, 0.3) is 0 Å². The van der Waals surface area contributed by atoms with Gasteiger partial charge in [0, 0.05) is 38.1 Å². The molecule has 0 aromatic rings. The van der Waals surface area contributed by atoms with Crippen LogP contribution in [0.5, 0.6) is 0 Å². The minimum Gasteiger partial charge on any atom is -0.296 e. The average molecular weight is 213 g/mol. The summed E-state index contributed by atoms with van der Waals surface area (Å²) in [5.41, 5.74) is 0.257. The summed E-state index contributed by atoms with van der Waals surface area (Å²) in [7, 11) is 0. The summed E-state index contributed by atoms with van der Waals surface area (Å²) in [6, 6.07) is -0.482. The third kappa shape index (κ3) is 3.18. The van der Waals surface area contributed by atoms with Crippen LogP contribution >= 0.6 is 0 Å². The van der Waals surface area contributed by atoms with E-state index in [-0.39, 0.29) is 11.1 Å². The molecular formula is C13H28N2. The minimum absolute atomic E-state index is 0.0838. The van der Waals surface area contributed by atoms with Crippen LogP contribution in [0.15, 0.2) is 0 Å². The summed E-state index contributed by atoms with van der Waals surface area (Å²) >= 11 is 0. The van der Waals surface area contributed by atoms with Crippen LogP contribution in [0.1, 0.15) is 49.8 Å². The van der Waals surface area contributed by atoms with Gasteiger partial charge in [-0.2, -0.15) is 0 Å². The first-order valence-corrected chi connectivity index (χ1v) is 5.97. The third-order valence-electron chi connectivity index (χ3n) is 3.23. The molecule has 0 amide bonds. The molecule has 0 spiro atoms. The van der Waals surface area contributed by atoms with Gasteiger partial charge in [0.2, 0.25) is 0 Å². The van der Waals surface area contributed by atoms with Crippen LogP contribution in [0.4, 0.5) is 0 Å². The Labute approximate surface area is 97.0 Å². The molecule has 0 aliphatic carbocycles. The van der Waals surface area contributed by atoms with Gasteiger partial charge in [0.05, 0.1) is 0 Å². The van der Waals surface area contributed by atoms with Crippen molar-refractivity contribution in [3.05, 3.63) is 0 Å². The Morgan fingerprint density at radius 1 is 1.00 bits per heavy atom. The Morgan fingerprint density at radius 2 is 1.53 bits per heavy atom. The third-order valence-corrected chi connectivity index (χ3v) is 3.23. The van der Waals surface area contributed by atoms with Crippen LogP contribution in [0.3, 0.4) is 0 Å². The van der Waals surface area contributed by atoms with Gasteiger partial charge in [-0.25, -0.2) is 0 Å². The molecule has 1 aliphatic rings. The molecule has 1 atom stereocenters. The Kier molecular flexibility index (Phi) is 3.09. The predicted octanol–water partition coefficient (Wildman–Crippen LogP) is 2.59. The Hall–Kier alpha value is -0.0800. The summed E-state index contributed by atoms with van der Waals surface area (Å²) in [6.45, 7) is 18.2. The zero-order chi connectivity index (χ0) is 12.8. The van der Waals surface area contributed by atoms with E-state index in [2.05, 4.69) is 51.3 Å². The summed E-state index contributed by atoms with van der Waals surface area (Å²) < 4.78 is 8.53. The Balaban J connectivity index is 2.82. The van der Waals surface area contributed by atoms with E-state index in [1.54, 1.807) is 0 Å². The number of hydrogen-bond acceptors (Lipinski definition) is 2. The maximum absolute atomic E-state index is 8.53. The van der Waals surface area contributed by atoms with Gasteiger partial charge in [0.15, 0.2) is 0 Å². The van der Waals surface area contributed by atoms with Gasteiger partial charge in [-0.05, 0) is 48.5 Å². The lowest BCUT2D eigenvalue weighted by Gasteiger charge is -2.50. The molecule has 0 unspecified atom stereocenters. The van der Waals surface area contributed by atoms with Crippen LogP contribution in [0.2, 0.25) is 0 Å². The van der Waals surface area contributed by atoms with Gasteiger partial charge >= 0.3 is 0 Å². The van der Waals surface area contributed by atoms with E-state index in [0.717, 1.165) is 19.6 Å². The first-order chi connectivity index (χ1) is 6.94. The average Bonchev–Trinajstić information content (AvgIpc) is 1.97. The van der Waals surface area contributed by atoms with Gasteiger partial charge in [0.25, 0.3) is 0 Å². The summed E-state index contributed by atoms with van der Waals surface area (Å²) in [6.07, 6.45) is 0.